The monoisotopic (exact) mass is 289 g/mol. The summed E-state index contributed by atoms with van der Waals surface area (Å²) in [4.78, 5) is 15.6. The second kappa shape index (κ2) is 6.72. The molecule has 2 N–H and O–H groups in total. The molecule has 114 valence electrons. The van der Waals surface area contributed by atoms with Crippen molar-refractivity contribution in [3.05, 3.63) is 29.6 Å². The molecular weight excluding hydrogens is 266 g/mol. The van der Waals surface area contributed by atoms with Crippen LogP contribution in [0.25, 0.3) is 11.0 Å². The van der Waals surface area contributed by atoms with E-state index in [0.717, 1.165) is 24.0 Å². The number of hydrogen-bond donors (Lipinski definition) is 2. The number of aliphatic carboxylic acids is 1. The Kier molecular flexibility index (Phi) is 4.96. The van der Waals surface area contributed by atoms with E-state index in [1.54, 1.807) is 6.33 Å². The molecule has 5 nitrogen and oxygen atoms in total. The van der Waals surface area contributed by atoms with E-state index in [1.165, 1.54) is 11.1 Å². The molecule has 21 heavy (non-hydrogen) atoms. The van der Waals surface area contributed by atoms with E-state index in [0.29, 0.717) is 13.0 Å². The third-order valence-corrected chi connectivity index (χ3v) is 3.83. The number of nitrogens with one attached hydrogen (secondary N) is 1. The number of nitrogens with zero attached hydrogens (tertiary/aromatic N) is 2. The molecule has 1 aromatic heterocycles. The number of fused-ring (bicyclic) bond motifs is 1. The maximum Gasteiger partial charge on any atom is 0.320 e. The van der Waals surface area contributed by atoms with E-state index in [4.69, 9.17) is 0 Å². The summed E-state index contributed by atoms with van der Waals surface area (Å²) < 4.78 is 2.03. The minimum Gasteiger partial charge on any atom is -0.480 e. The van der Waals surface area contributed by atoms with Crippen LogP contribution in [0.1, 0.15) is 30.9 Å². The molecule has 1 aromatic carbocycles. The second-order valence-corrected chi connectivity index (χ2v) is 5.50. The molecule has 0 aliphatic carbocycles. The molecule has 0 fully saturated rings. The minimum absolute atomic E-state index is 0.506. The largest absolute Gasteiger partial charge is 0.480 e. The fourth-order valence-electron chi connectivity index (χ4n) is 2.39. The molecule has 0 aliphatic heterocycles. The average Bonchev–Trinajstić information content (AvgIpc) is 2.81. The van der Waals surface area contributed by atoms with Crippen molar-refractivity contribution in [2.24, 2.45) is 0 Å². The van der Waals surface area contributed by atoms with Crippen LogP contribution in [0.2, 0.25) is 0 Å². The minimum atomic E-state index is -0.792. The molecule has 1 atom stereocenters. The molecule has 0 spiro atoms. The summed E-state index contributed by atoms with van der Waals surface area (Å²) in [7, 11) is 0. The van der Waals surface area contributed by atoms with E-state index in [1.807, 2.05) is 11.5 Å². The molecule has 0 aliphatic rings. The zero-order valence-corrected chi connectivity index (χ0v) is 12.9. The van der Waals surface area contributed by atoms with Gasteiger partial charge in [-0.05, 0) is 56.5 Å². The van der Waals surface area contributed by atoms with E-state index in [9.17, 15) is 9.90 Å². The van der Waals surface area contributed by atoms with Gasteiger partial charge in [0.2, 0.25) is 0 Å². The first-order chi connectivity index (χ1) is 10.0. The van der Waals surface area contributed by atoms with Gasteiger partial charge in [-0.2, -0.15) is 0 Å². The number of benzene rings is 1. The number of aromatic nitrogens is 2. The Hall–Kier alpha value is -1.88. The maximum absolute atomic E-state index is 11.2. The Labute approximate surface area is 125 Å². The third-order valence-electron chi connectivity index (χ3n) is 3.83. The molecule has 0 bridgehead atoms. The lowest BCUT2D eigenvalue weighted by Gasteiger charge is -2.14. The van der Waals surface area contributed by atoms with Crippen LogP contribution in [-0.4, -0.2) is 33.2 Å². The van der Waals surface area contributed by atoms with Crippen molar-refractivity contribution in [1.29, 1.82) is 0 Å². The van der Waals surface area contributed by atoms with Gasteiger partial charge >= 0.3 is 5.97 Å². The number of rotatable bonds is 7. The van der Waals surface area contributed by atoms with Gasteiger partial charge in [-0.3, -0.25) is 4.79 Å². The Morgan fingerprint density at radius 2 is 2.10 bits per heavy atom. The van der Waals surface area contributed by atoms with Crippen molar-refractivity contribution in [1.82, 2.24) is 14.9 Å². The Balaban J connectivity index is 2.12. The molecule has 1 heterocycles. The van der Waals surface area contributed by atoms with Crippen molar-refractivity contribution >= 4 is 17.0 Å². The molecule has 2 rings (SSSR count). The average molecular weight is 289 g/mol. The maximum atomic E-state index is 11.2. The highest BCUT2D eigenvalue weighted by molar-refractivity contribution is 5.77. The SMILES string of the molecule is CCCNC(CCn1cnc2cc(C)c(C)cc21)C(=O)O. The second-order valence-electron chi connectivity index (χ2n) is 5.50. The van der Waals surface area contributed by atoms with E-state index >= 15 is 0 Å². The van der Waals surface area contributed by atoms with Gasteiger partial charge in [0.05, 0.1) is 17.4 Å². The van der Waals surface area contributed by atoms with Crippen LogP contribution in [0.5, 0.6) is 0 Å². The number of aryl methyl sites for hydroxylation is 3. The molecule has 0 saturated carbocycles. The first-order valence-corrected chi connectivity index (χ1v) is 7.41. The zero-order valence-electron chi connectivity index (χ0n) is 12.9. The molecule has 0 saturated heterocycles. The van der Waals surface area contributed by atoms with Crippen LogP contribution in [-0.2, 0) is 11.3 Å². The van der Waals surface area contributed by atoms with Crippen molar-refractivity contribution < 1.29 is 9.90 Å². The summed E-state index contributed by atoms with van der Waals surface area (Å²) in [5.41, 5.74) is 4.48. The van der Waals surface area contributed by atoms with Gasteiger partial charge in [0, 0.05) is 6.54 Å². The van der Waals surface area contributed by atoms with Gasteiger partial charge in [0.15, 0.2) is 0 Å². The highest BCUT2D eigenvalue weighted by atomic mass is 16.4. The molecule has 0 radical (unpaired) electrons. The summed E-state index contributed by atoms with van der Waals surface area (Å²) in [5.74, 6) is -0.792. The summed E-state index contributed by atoms with van der Waals surface area (Å²) in [5, 5.41) is 12.3. The summed E-state index contributed by atoms with van der Waals surface area (Å²) in [6, 6.07) is 3.69. The smallest absolute Gasteiger partial charge is 0.320 e. The number of carbonyl (C=O) groups is 1. The summed E-state index contributed by atoms with van der Waals surface area (Å²) in [6.45, 7) is 7.55. The lowest BCUT2D eigenvalue weighted by molar-refractivity contribution is -0.139. The standard InChI is InChI=1S/C16H23N3O2/c1-4-6-17-13(16(20)21)5-7-19-10-18-14-8-11(2)12(3)9-15(14)19/h8-10,13,17H,4-7H2,1-3H3,(H,20,21). The van der Waals surface area contributed by atoms with Gasteiger partial charge in [0.25, 0.3) is 0 Å². The Morgan fingerprint density at radius 1 is 1.38 bits per heavy atom. The van der Waals surface area contributed by atoms with Crippen LogP contribution in [0.4, 0.5) is 0 Å². The van der Waals surface area contributed by atoms with Crippen molar-refractivity contribution in [3.63, 3.8) is 0 Å². The van der Waals surface area contributed by atoms with E-state index in [-0.39, 0.29) is 0 Å². The lowest BCUT2D eigenvalue weighted by atomic mass is 10.1. The molecular formula is C16H23N3O2. The van der Waals surface area contributed by atoms with Gasteiger partial charge in [-0.1, -0.05) is 6.92 Å². The zero-order chi connectivity index (χ0) is 15.4. The highest BCUT2D eigenvalue weighted by Gasteiger charge is 2.16. The number of imidazole rings is 1. The van der Waals surface area contributed by atoms with E-state index in [2.05, 4.69) is 36.3 Å². The number of carboxylic acids is 1. The predicted octanol–water partition coefficient (Wildman–Crippen LogP) is 2.50. The normalized spacial score (nSPS) is 12.7. The number of carboxylic acid groups (broad SMARTS) is 1. The third kappa shape index (κ3) is 3.61. The van der Waals surface area contributed by atoms with Gasteiger partial charge < -0.3 is 15.0 Å². The van der Waals surface area contributed by atoms with Crippen LogP contribution in [0.3, 0.4) is 0 Å². The predicted molar refractivity (Wildman–Crippen MR) is 83.5 cm³/mol. The van der Waals surface area contributed by atoms with Crippen molar-refractivity contribution in [3.8, 4) is 0 Å². The lowest BCUT2D eigenvalue weighted by Crippen LogP contribution is -2.37. The van der Waals surface area contributed by atoms with E-state index < -0.39 is 12.0 Å². The van der Waals surface area contributed by atoms with Crippen LogP contribution < -0.4 is 5.32 Å². The fraction of sp³-hybridized carbons (Fsp3) is 0.500. The Bertz CT molecular complexity index is 634. The first-order valence-electron chi connectivity index (χ1n) is 7.41. The number of hydrogen-bond acceptors (Lipinski definition) is 3. The molecule has 0 amide bonds. The van der Waals surface area contributed by atoms with Crippen LogP contribution >= 0.6 is 0 Å². The van der Waals surface area contributed by atoms with Crippen LogP contribution in [0.15, 0.2) is 18.5 Å². The van der Waals surface area contributed by atoms with Crippen molar-refractivity contribution in [2.45, 2.75) is 46.2 Å². The van der Waals surface area contributed by atoms with Gasteiger partial charge in [-0.25, -0.2) is 4.98 Å². The topological polar surface area (TPSA) is 67.2 Å². The summed E-state index contributed by atoms with van der Waals surface area (Å²) >= 11 is 0. The molecule has 2 aromatic rings. The van der Waals surface area contributed by atoms with Gasteiger partial charge in [-0.15, -0.1) is 0 Å². The van der Waals surface area contributed by atoms with Crippen molar-refractivity contribution in [2.75, 3.05) is 6.54 Å². The van der Waals surface area contributed by atoms with Gasteiger partial charge in [0.1, 0.15) is 6.04 Å². The van der Waals surface area contributed by atoms with Crippen LogP contribution in [0, 0.1) is 13.8 Å². The molecule has 5 heteroatoms. The fourth-order valence-corrected chi connectivity index (χ4v) is 2.39. The molecule has 1 unspecified atom stereocenters. The Morgan fingerprint density at radius 3 is 2.76 bits per heavy atom. The first kappa shape index (κ1) is 15.5. The quantitative estimate of drug-likeness (QED) is 0.822. The summed E-state index contributed by atoms with van der Waals surface area (Å²) in [6.07, 6.45) is 3.27. The highest BCUT2D eigenvalue weighted by Crippen LogP contribution is 2.18.